The van der Waals surface area contributed by atoms with E-state index in [2.05, 4.69) is 5.32 Å². The number of rotatable bonds is 4. The third-order valence-corrected chi connectivity index (χ3v) is 4.20. The summed E-state index contributed by atoms with van der Waals surface area (Å²) < 4.78 is 44.3. The molecule has 8 heteroatoms. The molecule has 0 aliphatic carbocycles. The topological polar surface area (TPSA) is 66.0 Å². The molecule has 1 N–H and O–H groups in total. The average molecular weight is 417 g/mol. The van der Waals surface area contributed by atoms with Crippen LogP contribution in [0.2, 0.25) is 5.02 Å². The van der Waals surface area contributed by atoms with Gasteiger partial charge in [-0.25, -0.2) is 0 Å². The van der Waals surface area contributed by atoms with Crippen LogP contribution in [0, 0.1) is 11.3 Å². The molecule has 0 saturated carbocycles. The second kappa shape index (κ2) is 8.25. The van der Waals surface area contributed by atoms with Crippen LogP contribution in [0.4, 0.5) is 18.9 Å². The number of carbonyl (C=O) groups is 1. The number of halogens is 4. The van der Waals surface area contributed by atoms with Gasteiger partial charge in [0.05, 0.1) is 10.6 Å². The number of alkyl halides is 3. The number of hydrogen-bond donors (Lipinski definition) is 1. The second-order valence-corrected chi connectivity index (χ2v) is 6.29. The SMILES string of the molecule is N#CC(=Cc1ccc(-c2cc(C(F)(F)F)ccc2Cl)o1)C(=O)Nc1ccccc1. The number of anilines is 1. The molecule has 1 aromatic heterocycles. The van der Waals surface area contributed by atoms with Crippen LogP contribution >= 0.6 is 11.6 Å². The zero-order valence-corrected chi connectivity index (χ0v) is 15.4. The van der Waals surface area contributed by atoms with Crippen molar-refractivity contribution in [1.82, 2.24) is 0 Å². The van der Waals surface area contributed by atoms with Gasteiger partial charge in [-0.2, -0.15) is 18.4 Å². The van der Waals surface area contributed by atoms with Crippen LogP contribution in [0.5, 0.6) is 0 Å². The number of nitriles is 1. The highest BCUT2D eigenvalue weighted by atomic mass is 35.5. The minimum Gasteiger partial charge on any atom is -0.457 e. The summed E-state index contributed by atoms with van der Waals surface area (Å²) in [5.41, 5.74) is -0.543. The Morgan fingerprint density at radius 2 is 1.83 bits per heavy atom. The molecule has 0 radical (unpaired) electrons. The predicted octanol–water partition coefficient (Wildman–Crippen LogP) is 6.16. The summed E-state index contributed by atoms with van der Waals surface area (Å²) in [7, 11) is 0. The smallest absolute Gasteiger partial charge is 0.416 e. The lowest BCUT2D eigenvalue weighted by molar-refractivity contribution is -0.137. The molecular weight excluding hydrogens is 405 g/mol. The van der Waals surface area contributed by atoms with Crippen molar-refractivity contribution in [3.8, 4) is 17.4 Å². The zero-order chi connectivity index (χ0) is 21.0. The van der Waals surface area contributed by atoms with E-state index >= 15 is 0 Å². The van der Waals surface area contributed by atoms with Gasteiger partial charge in [-0.15, -0.1) is 0 Å². The summed E-state index contributed by atoms with van der Waals surface area (Å²) in [5, 5.41) is 11.9. The summed E-state index contributed by atoms with van der Waals surface area (Å²) in [6, 6.07) is 16.0. The molecular formula is C21H12ClF3N2O2. The fraction of sp³-hybridized carbons (Fsp3) is 0.0476. The van der Waals surface area contributed by atoms with Gasteiger partial charge in [-0.3, -0.25) is 4.79 Å². The van der Waals surface area contributed by atoms with Gasteiger partial charge in [0.25, 0.3) is 5.91 Å². The molecule has 0 aliphatic heterocycles. The van der Waals surface area contributed by atoms with E-state index in [1.165, 1.54) is 18.2 Å². The number of hydrogen-bond acceptors (Lipinski definition) is 3. The average Bonchev–Trinajstić information content (AvgIpc) is 3.14. The molecule has 0 aliphatic rings. The van der Waals surface area contributed by atoms with Crippen molar-refractivity contribution >= 4 is 29.3 Å². The number of para-hydroxylation sites is 1. The molecule has 1 heterocycles. The molecule has 4 nitrogen and oxygen atoms in total. The van der Waals surface area contributed by atoms with Crippen LogP contribution in [0.15, 0.2) is 70.7 Å². The highest BCUT2D eigenvalue weighted by Gasteiger charge is 2.31. The van der Waals surface area contributed by atoms with Crippen molar-refractivity contribution in [2.75, 3.05) is 5.32 Å². The molecule has 0 atom stereocenters. The van der Waals surface area contributed by atoms with Crippen molar-refractivity contribution in [3.63, 3.8) is 0 Å². The molecule has 0 fully saturated rings. The summed E-state index contributed by atoms with van der Waals surface area (Å²) in [6.45, 7) is 0. The van der Waals surface area contributed by atoms with Gasteiger partial charge in [-0.1, -0.05) is 29.8 Å². The van der Waals surface area contributed by atoms with E-state index in [1.807, 2.05) is 0 Å². The van der Waals surface area contributed by atoms with E-state index in [-0.39, 0.29) is 27.7 Å². The first-order valence-electron chi connectivity index (χ1n) is 8.23. The number of nitrogens with one attached hydrogen (secondary N) is 1. The van der Waals surface area contributed by atoms with Crippen molar-refractivity contribution in [3.05, 3.63) is 82.6 Å². The minimum absolute atomic E-state index is 0.0494. The molecule has 0 unspecified atom stereocenters. The van der Waals surface area contributed by atoms with E-state index in [1.54, 1.807) is 36.4 Å². The van der Waals surface area contributed by atoms with Gasteiger partial charge in [0.15, 0.2) is 0 Å². The molecule has 146 valence electrons. The van der Waals surface area contributed by atoms with Gasteiger partial charge >= 0.3 is 6.18 Å². The summed E-state index contributed by atoms with van der Waals surface area (Å²) in [5.74, 6) is -0.449. The molecule has 3 aromatic rings. The number of carbonyl (C=O) groups excluding carboxylic acids is 1. The van der Waals surface area contributed by atoms with Crippen LogP contribution in [-0.4, -0.2) is 5.91 Å². The van der Waals surface area contributed by atoms with Gasteiger partial charge < -0.3 is 9.73 Å². The molecule has 0 bridgehead atoms. The molecule has 29 heavy (non-hydrogen) atoms. The monoisotopic (exact) mass is 416 g/mol. The summed E-state index contributed by atoms with van der Waals surface area (Å²) in [6.07, 6.45) is -3.33. The number of nitrogens with zero attached hydrogens (tertiary/aromatic N) is 1. The van der Waals surface area contributed by atoms with Crippen LogP contribution in [0.25, 0.3) is 17.4 Å². The van der Waals surface area contributed by atoms with E-state index in [0.29, 0.717) is 5.69 Å². The van der Waals surface area contributed by atoms with Crippen molar-refractivity contribution in [2.24, 2.45) is 0 Å². The highest BCUT2D eigenvalue weighted by Crippen LogP contribution is 2.36. The number of amides is 1. The van der Waals surface area contributed by atoms with Crippen LogP contribution in [0.1, 0.15) is 11.3 Å². The van der Waals surface area contributed by atoms with E-state index in [9.17, 15) is 23.2 Å². The highest BCUT2D eigenvalue weighted by molar-refractivity contribution is 6.33. The van der Waals surface area contributed by atoms with Crippen LogP contribution < -0.4 is 5.32 Å². The van der Waals surface area contributed by atoms with Gasteiger partial charge in [0.2, 0.25) is 0 Å². The molecule has 3 rings (SSSR count). The van der Waals surface area contributed by atoms with E-state index in [4.69, 9.17) is 16.0 Å². The van der Waals surface area contributed by atoms with Crippen molar-refractivity contribution < 1.29 is 22.4 Å². The largest absolute Gasteiger partial charge is 0.457 e. The van der Waals surface area contributed by atoms with Crippen molar-refractivity contribution in [2.45, 2.75) is 6.18 Å². The van der Waals surface area contributed by atoms with Gasteiger partial charge in [0.1, 0.15) is 23.2 Å². The second-order valence-electron chi connectivity index (χ2n) is 5.88. The lowest BCUT2D eigenvalue weighted by Gasteiger charge is -2.09. The van der Waals surface area contributed by atoms with Crippen LogP contribution in [-0.2, 0) is 11.0 Å². The van der Waals surface area contributed by atoms with E-state index in [0.717, 1.165) is 18.2 Å². The normalized spacial score (nSPS) is 11.8. The summed E-state index contributed by atoms with van der Waals surface area (Å²) in [4.78, 5) is 12.2. The standard InChI is InChI=1S/C21H12ClF3N2O2/c22-18-8-6-14(21(23,24)25)11-17(18)19-9-7-16(29-19)10-13(12-26)20(28)27-15-4-2-1-3-5-15/h1-11H,(H,27,28). The Labute approximate surface area is 168 Å². The zero-order valence-electron chi connectivity index (χ0n) is 14.6. The summed E-state index contributed by atoms with van der Waals surface area (Å²) >= 11 is 6.00. The van der Waals surface area contributed by atoms with E-state index < -0.39 is 17.6 Å². The first-order valence-corrected chi connectivity index (χ1v) is 8.61. The van der Waals surface area contributed by atoms with Crippen molar-refractivity contribution in [1.29, 1.82) is 5.26 Å². The fourth-order valence-electron chi connectivity index (χ4n) is 2.48. The predicted molar refractivity (Wildman–Crippen MR) is 103 cm³/mol. The Hall–Kier alpha value is -3.50. The first kappa shape index (κ1) is 20.2. The van der Waals surface area contributed by atoms with Gasteiger partial charge in [-0.05, 0) is 42.5 Å². The molecule has 1 amide bonds. The Bertz CT molecular complexity index is 1110. The number of furan rings is 1. The maximum atomic E-state index is 12.9. The molecule has 0 saturated heterocycles. The third-order valence-electron chi connectivity index (χ3n) is 3.87. The quantitative estimate of drug-likeness (QED) is 0.409. The molecule has 0 spiro atoms. The fourth-order valence-corrected chi connectivity index (χ4v) is 2.69. The lowest BCUT2D eigenvalue weighted by atomic mass is 10.1. The Morgan fingerprint density at radius 1 is 1.10 bits per heavy atom. The molecule has 2 aromatic carbocycles. The Balaban J connectivity index is 1.87. The maximum absolute atomic E-state index is 12.9. The first-order chi connectivity index (χ1) is 13.8. The van der Waals surface area contributed by atoms with Crippen LogP contribution in [0.3, 0.4) is 0 Å². The Kier molecular flexibility index (Phi) is 5.76. The minimum atomic E-state index is -4.53. The third kappa shape index (κ3) is 4.86. The van der Waals surface area contributed by atoms with Gasteiger partial charge in [0, 0.05) is 17.3 Å². The maximum Gasteiger partial charge on any atom is 0.416 e. The Morgan fingerprint density at radius 3 is 2.48 bits per heavy atom. The lowest BCUT2D eigenvalue weighted by Crippen LogP contribution is -2.13. The number of benzene rings is 2.